The summed E-state index contributed by atoms with van der Waals surface area (Å²) < 4.78 is 0. The molecule has 5 N–H and O–H groups in total. The van der Waals surface area contributed by atoms with Crippen molar-refractivity contribution in [2.45, 2.75) is 18.6 Å². The van der Waals surface area contributed by atoms with Gasteiger partial charge in [0, 0.05) is 0 Å². The van der Waals surface area contributed by atoms with E-state index in [1.807, 2.05) is 0 Å². The van der Waals surface area contributed by atoms with E-state index in [2.05, 4.69) is 0 Å². The molecule has 1 rings (SSSR count). The van der Waals surface area contributed by atoms with Crippen LogP contribution in [-0.2, 0) is 4.79 Å². The molecule has 0 saturated heterocycles. The maximum absolute atomic E-state index is 11.0. The SMILES string of the molecule is O=C(O)CC(O)C(O)c1ccc(C(=O)O)cc1C(=O)O. The first-order valence-electron chi connectivity index (χ1n) is 5.42. The number of hydrogen-bond acceptors (Lipinski definition) is 5. The second kappa shape index (κ2) is 6.13. The predicted molar refractivity (Wildman–Crippen MR) is 63.6 cm³/mol. The van der Waals surface area contributed by atoms with Gasteiger partial charge in [0.25, 0.3) is 0 Å². The van der Waals surface area contributed by atoms with Gasteiger partial charge in [0.15, 0.2) is 0 Å². The van der Waals surface area contributed by atoms with Crippen LogP contribution in [0.25, 0.3) is 0 Å². The first-order valence-corrected chi connectivity index (χ1v) is 5.42. The average Bonchev–Trinajstić information content (AvgIpc) is 2.36. The summed E-state index contributed by atoms with van der Waals surface area (Å²) in [5, 5.41) is 45.5. The zero-order valence-electron chi connectivity index (χ0n) is 10.1. The Kier molecular flexibility index (Phi) is 4.78. The largest absolute Gasteiger partial charge is 0.481 e. The number of aliphatic hydroxyl groups excluding tert-OH is 2. The third-order valence-corrected chi connectivity index (χ3v) is 2.60. The number of aliphatic hydroxyl groups is 2. The lowest BCUT2D eigenvalue weighted by Gasteiger charge is -2.18. The van der Waals surface area contributed by atoms with E-state index < -0.39 is 42.1 Å². The number of benzene rings is 1. The number of carboxylic acid groups (broad SMARTS) is 3. The van der Waals surface area contributed by atoms with Crippen molar-refractivity contribution in [2.75, 3.05) is 0 Å². The molecule has 8 heteroatoms. The molecule has 0 aliphatic heterocycles. The van der Waals surface area contributed by atoms with E-state index in [4.69, 9.17) is 15.3 Å². The van der Waals surface area contributed by atoms with Crippen LogP contribution in [0.2, 0.25) is 0 Å². The van der Waals surface area contributed by atoms with Gasteiger partial charge < -0.3 is 25.5 Å². The summed E-state index contributed by atoms with van der Waals surface area (Å²) in [4.78, 5) is 32.2. The first-order chi connectivity index (χ1) is 9.23. The average molecular weight is 284 g/mol. The Morgan fingerprint density at radius 3 is 2.05 bits per heavy atom. The monoisotopic (exact) mass is 284 g/mol. The maximum Gasteiger partial charge on any atom is 0.336 e. The smallest absolute Gasteiger partial charge is 0.336 e. The summed E-state index contributed by atoms with van der Waals surface area (Å²) in [6, 6.07) is 2.92. The number of carbonyl (C=O) groups is 3. The van der Waals surface area contributed by atoms with Crippen LogP contribution in [0.3, 0.4) is 0 Å². The third-order valence-electron chi connectivity index (χ3n) is 2.60. The fraction of sp³-hybridized carbons (Fsp3) is 0.250. The molecule has 2 atom stereocenters. The summed E-state index contributed by atoms with van der Waals surface area (Å²) in [6.07, 6.45) is -4.23. The van der Waals surface area contributed by atoms with Gasteiger partial charge in [0.2, 0.25) is 0 Å². The Balaban J connectivity index is 3.20. The molecule has 0 aliphatic carbocycles. The maximum atomic E-state index is 11.0. The Morgan fingerprint density at radius 1 is 1.00 bits per heavy atom. The minimum Gasteiger partial charge on any atom is -0.481 e. The molecule has 108 valence electrons. The van der Waals surface area contributed by atoms with E-state index in [0.717, 1.165) is 18.2 Å². The minimum atomic E-state index is -1.75. The highest BCUT2D eigenvalue weighted by molar-refractivity contribution is 5.95. The van der Waals surface area contributed by atoms with Crippen molar-refractivity contribution in [1.82, 2.24) is 0 Å². The molecule has 0 spiro atoms. The van der Waals surface area contributed by atoms with Crippen LogP contribution in [0, 0.1) is 0 Å². The summed E-state index contributed by atoms with van der Waals surface area (Å²) in [7, 11) is 0. The van der Waals surface area contributed by atoms with Gasteiger partial charge in [0.05, 0.1) is 23.7 Å². The number of hydrogen-bond donors (Lipinski definition) is 5. The second-order valence-electron chi connectivity index (χ2n) is 4.02. The third kappa shape index (κ3) is 3.53. The zero-order valence-corrected chi connectivity index (χ0v) is 10.1. The van der Waals surface area contributed by atoms with Gasteiger partial charge in [-0.1, -0.05) is 6.07 Å². The van der Waals surface area contributed by atoms with E-state index in [0.29, 0.717) is 0 Å². The molecule has 0 heterocycles. The lowest BCUT2D eigenvalue weighted by Crippen LogP contribution is -2.23. The van der Waals surface area contributed by atoms with E-state index in [1.165, 1.54) is 0 Å². The molecular formula is C12H12O8. The van der Waals surface area contributed by atoms with Gasteiger partial charge in [-0.2, -0.15) is 0 Å². The van der Waals surface area contributed by atoms with Crippen LogP contribution in [-0.4, -0.2) is 49.5 Å². The molecule has 0 amide bonds. The fourth-order valence-electron chi connectivity index (χ4n) is 1.63. The highest BCUT2D eigenvalue weighted by atomic mass is 16.4. The molecule has 20 heavy (non-hydrogen) atoms. The van der Waals surface area contributed by atoms with Gasteiger partial charge in [0.1, 0.15) is 6.10 Å². The predicted octanol–water partition coefficient (Wildman–Crippen LogP) is -0.0480. The molecule has 0 fully saturated rings. The molecule has 0 saturated carbocycles. The quantitative estimate of drug-likeness (QED) is 0.487. The van der Waals surface area contributed by atoms with Gasteiger partial charge in [-0.25, -0.2) is 9.59 Å². The number of carboxylic acids is 3. The van der Waals surface area contributed by atoms with Crippen LogP contribution in [0.4, 0.5) is 0 Å². The molecule has 0 bridgehead atoms. The molecule has 0 aromatic heterocycles. The molecule has 0 radical (unpaired) electrons. The van der Waals surface area contributed by atoms with Crippen molar-refractivity contribution in [3.63, 3.8) is 0 Å². The van der Waals surface area contributed by atoms with E-state index in [1.54, 1.807) is 0 Å². The number of aliphatic carboxylic acids is 1. The highest BCUT2D eigenvalue weighted by Crippen LogP contribution is 2.24. The topological polar surface area (TPSA) is 152 Å². The Bertz CT molecular complexity index is 550. The highest BCUT2D eigenvalue weighted by Gasteiger charge is 2.26. The molecule has 1 aromatic carbocycles. The Hall–Kier alpha value is -2.45. The van der Waals surface area contributed by atoms with Crippen LogP contribution in [0.15, 0.2) is 18.2 Å². The zero-order chi connectivity index (χ0) is 15.4. The normalized spacial score (nSPS) is 13.5. The molecule has 2 unspecified atom stereocenters. The molecular weight excluding hydrogens is 272 g/mol. The van der Waals surface area contributed by atoms with Crippen LogP contribution < -0.4 is 0 Å². The van der Waals surface area contributed by atoms with Crippen LogP contribution in [0.1, 0.15) is 38.8 Å². The van der Waals surface area contributed by atoms with Crippen molar-refractivity contribution in [1.29, 1.82) is 0 Å². The Morgan fingerprint density at radius 2 is 1.60 bits per heavy atom. The van der Waals surface area contributed by atoms with Crippen molar-refractivity contribution >= 4 is 17.9 Å². The van der Waals surface area contributed by atoms with Crippen LogP contribution >= 0.6 is 0 Å². The standard InChI is InChI=1S/C12H12O8/c13-8(4-9(14)15)10(16)6-2-1-5(11(17)18)3-7(6)12(19)20/h1-3,8,10,13,16H,4H2,(H,14,15)(H,17,18)(H,19,20). The van der Waals surface area contributed by atoms with Crippen molar-refractivity contribution in [2.24, 2.45) is 0 Å². The lowest BCUT2D eigenvalue weighted by molar-refractivity contribution is -0.141. The van der Waals surface area contributed by atoms with Crippen molar-refractivity contribution < 1.29 is 39.9 Å². The first kappa shape index (κ1) is 15.6. The summed E-state index contributed by atoms with van der Waals surface area (Å²) in [6.45, 7) is 0. The van der Waals surface area contributed by atoms with E-state index in [9.17, 15) is 24.6 Å². The van der Waals surface area contributed by atoms with Gasteiger partial charge in [-0.15, -0.1) is 0 Å². The van der Waals surface area contributed by atoms with Crippen LogP contribution in [0.5, 0.6) is 0 Å². The second-order valence-corrected chi connectivity index (χ2v) is 4.02. The van der Waals surface area contributed by atoms with Crippen molar-refractivity contribution in [3.8, 4) is 0 Å². The molecule has 8 nitrogen and oxygen atoms in total. The van der Waals surface area contributed by atoms with E-state index in [-0.39, 0.29) is 11.1 Å². The fourth-order valence-corrected chi connectivity index (χ4v) is 1.63. The lowest BCUT2D eigenvalue weighted by atomic mass is 9.95. The minimum absolute atomic E-state index is 0.253. The number of aromatic carboxylic acids is 2. The molecule has 0 aliphatic rings. The number of rotatable bonds is 6. The van der Waals surface area contributed by atoms with Gasteiger partial charge in [-0.3, -0.25) is 4.79 Å². The summed E-state index contributed by atoms with van der Waals surface area (Å²) >= 11 is 0. The van der Waals surface area contributed by atoms with Gasteiger partial charge in [-0.05, 0) is 17.7 Å². The Labute approximate surface area is 112 Å². The van der Waals surface area contributed by atoms with Crippen molar-refractivity contribution in [3.05, 3.63) is 34.9 Å². The van der Waals surface area contributed by atoms with E-state index >= 15 is 0 Å². The van der Waals surface area contributed by atoms with Gasteiger partial charge >= 0.3 is 17.9 Å². The summed E-state index contributed by atoms with van der Waals surface area (Å²) in [5.41, 5.74) is -1.07. The molecule has 1 aromatic rings. The summed E-state index contributed by atoms with van der Waals surface area (Å²) in [5.74, 6) is -4.21.